The van der Waals surface area contributed by atoms with E-state index in [1.807, 2.05) is 24.8 Å². The summed E-state index contributed by atoms with van der Waals surface area (Å²) in [5, 5.41) is 9.27. The highest BCUT2D eigenvalue weighted by molar-refractivity contribution is 7.90. The number of sulfone groups is 1. The first kappa shape index (κ1) is 22.6. The molecule has 3 rings (SSSR count). The third kappa shape index (κ3) is 4.97. The molecule has 2 aromatic carbocycles. The Labute approximate surface area is 181 Å². The highest BCUT2D eigenvalue weighted by Crippen LogP contribution is 2.27. The molecule has 7 nitrogen and oxygen atoms in total. The summed E-state index contributed by atoms with van der Waals surface area (Å²) in [5.41, 5.74) is 0.668. The van der Waals surface area contributed by atoms with E-state index in [-0.39, 0.29) is 28.0 Å². The van der Waals surface area contributed by atoms with Gasteiger partial charge < -0.3 is 14.5 Å². The normalized spacial score (nSPS) is 14.5. The van der Waals surface area contributed by atoms with Crippen LogP contribution in [0.2, 0.25) is 0 Å². The number of hydrogen-bond donors (Lipinski definition) is 0. The highest BCUT2D eigenvalue weighted by atomic mass is 32.2. The number of nitriles is 1. The molecule has 1 aliphatic rings. The average molecular weight is 446 g/mol. The summed E-state index contributed by atoms with van der Waals surface area (Å²) in [6, 6.07) is 10.7. The number of hydrogen-bond acceptors (Lipinski definition) is 6. The summed E-state index contributed by atoms with van der Waals surface area (Å²) in [4.78, 5) is 16.7. The van der Waals surface area contributed by atoms with Gasteiger partial charge in [0.25, 0.3) is 5.91 Å². The fourth-order valence-corrected chi connectivity index (χ4v) is 4.12. The number of anilines is 1. The van der Waals surface area contributed by atoms with Crippen molar-refractivity contribution in [3.63, 3.8) is 0 Å². The molecule has 1 amide bonds. The average Bonchev–Trinajstić information content (AvgIpc) is 2.72. The van der Waals surface area contributed by atoms with E-state index in [2.05, 4.69) is 0 Å². The third-order valence-corrected chi connectivity index (χ3v) is 6.09. The van der Waals surface area contributed by atoms with Crippen LogP contribution in [0.1, 0.15) is 29.8 Å². The van der Waals surface area contributed by atoms with Crippen LogP contribution < -0.4 is 9.64 Å². The van der Waals surface area contributed by atoms with Crippen molar-refractivity contribution in [2.75, 3.05) is 37.3 Å². The summed E-state index contributed by atoms with van der Waals surface area (Å²) in [6.45, 7) is 5.15. The maximum absolute atomic E-state index is 13.9. The molecule has 0 aromatic heterocycles. The quantitative estimate of drug-likeness (QED) is 0.703. The van der Waals surface area contributed by atoms with Gasteiger partial charge in [-0.05, 0) is 44.2 Å². The van der Waals surface area contributed by atoms with Crippen molar-refractivity contribution in [3.8, 4) is 11.8 Å². The summed E-state index contributed by atoms with van der Waals surface area (Å²) < 4.78 is 43.6. The minimum Gasteiger partial charge on any atom is -0.490 e. The van der Waals surface area contributed by atoms with Crippen LogP contribution >= 0.6 is 0 Å². The lowest BCUT2D eigenvalue weighted by Gasteiger charge is -2.36. The molecule has 1 saturated heterocycles. The van der Waals surface area contributed by atoms with Gasteiger partial charge >= 0.3 is 0 Å². The van der Waals surface area contributed by atoms with Crippen molar-refractivity contribution in [1.82, 2.24) is 4.90 Å². The maximum atomic E-state index is 13.9. The molecule has 1 heterocycles. The Morgan fingerprint density at radius 3 is 2.42 bits per heavy atom. The summed E-state index contributed by atoms with van der Waals surface area (Å²) in [6.07, 6.45) is 0.897. The molecule has 0 unspecified atom stereocenters. The first-order valence-electron chi connectivity index (χ1n) is 9.85. The number of rotatable bonds is 5. The van der Waals surface area contributed by atoms with Gasteiger partial charge in [0.15, 0.2) is 9.84 Å². The van der Waals surface area contributed by atoms with Crippen molar-refractivity contribution < 1.29 is 22.3 Å². The lowest BCUT2D eigenvalue weighted by atomic mass is 10.1. The minimum absolute atomic E-state index is 0.0178. The fourth-order valence-electron chi connectivity index (χ4n) is 3.47. The number of nitrogens with zero attached hydrogens (tertiary/aromatic N) is 3. The maximum Gasteiger partial charge on any atom is 0.257 e. The first-order valence-corrected chi connectivity index (χ1v) is 11.7. The van der Waals surface area contributed by atoms with Crippen LogP contribution in [0.4, 0.5) is 10.1 Å². The highest BCUT2D eigenvalue weighted by Gasteiger charge is 2.27. The van der Waals surface area contributed by atoms with Gasteiger partial charge in [0, 0.05) is 32.4 Å². The Morgan fingerprint density at radius 1 is 1.16 bits per heavy atom. The van der Waals surface area contributed by atoms with Crippen LogP contribution in [0, 0.1) is 17.1 Å². The fraction of sp³-hybridized carbons (Fsp3) is 0.364. The van der Waals surface area contributed by atoms with Crippen molar-refractivity contribution in [2.45, 2.75) is 24.8 Å². The Hall–Kier alpha value is -3.12. The predicted octanol–water partition coefficient (Wildman–Crippen LogP) is 2.85. The van der Waals surface area contributed by atoms with Crippen LogP contribution in [0.25, 0.3) is 0 Å². The largest absolute Gasteiger partial charge is 0.490 e. The molecule has 9 heteroatoms. The zero-order chi connectivity index (χ0) is 22.8. The summed E-state index contributed by atoms with van der Waals surface area (Å²) in [7, 11) is -3.49. The van der Waals surface area contributed by atoms with Gasteiger partial charge in [0.2, 0.25) is 0 Å². The smallest absolute Gasteiger partial charge is 0.257 e. The first-order chi connectivity index (χ1) is 14.6. The second kappa shape index (κ2) is 8.94. The number of halogens is 1. The molecule has 0 atom stereocenters. The van der Waals surface area contributed by atoms with E-state index in [0.29, 0.717) is 37.6 Å². The van der Waals surface area contributed by atoms with Gasteiger partial charge in [-0.25, -0.2) is 12.8 Å². The van der Waals surface area contributed by atoms with Gasteiger partial charge in [-0.15, -0.1) is 0 Å². The van der Waals surface area contributed by atoms with E-state index >= 15 is 0 Å². The molecular formula is C22H24FN3O4S. The molecule has 0 radical (unpaired) electrons. The number of amides is 1. The molecule has 0 saturated carbocycles. The monoisotopic (exact) mass is 445 g/mol. The van der Waals surface area contributed by atoms with Crippen LogP contribution in [0.5, 0.6) is 5.75 Å². The molecule has 31 heavy (non-hydrogen) atoms. The summed E-state index contributed by atoms with van der Waals surface area (Å²) >= 11 is 0. The van der Waals surface area contributed by atoms with Crippen molar-refractivity contribution in [3.05, 3.63) is 53.3 Å². The SMILES string of the molecule is CC(C)Oc1ccc(S(C)(=O)=O)cc1C(=O)N1CCN(c2cccc(F)c2C#N)CC1. The van der Waals surface area contributed by atoms with Gasteiger partial charge in [-0.2, -0.15) is 5.26 Å². The lowest BCUT2D eigenvalue weighted by molar-refractivity contribution is 0.0740. The van der Waals surface area contributed by atoms with Gasteiger partial charge in [0.1, 0.15) is 23.2 Å². The standard InChI is InChI=1S/C22H24FN3O4S/c1-15(2)30-21-8-7-16(31(3,28)29)13-17(21)22(27)26-11-9-25(10-12-26)20-6-4-5-19(23)18(20)14-24/h4-8,13,15H,9-12H2,1-3H3. The van der Waals surface area contributed by atoms with Crippen LogP contribution in [-0.2, 0) is 9.84 Å². The van der Waals surface area contributed by atoms with E-state index in [1.54, 1.807) is 17.0 Å². The minimum atomic E-state index is -3.49. The van der Waals surface area contributed by atoms with Crippen molar-refractivity contribution in [2.24, 2.45) is 0 Å². The van der Waals surface area contributed by atoms with Gasteiger partial charge in [-0.3, -0.25) is 4.79 Å². The zero-order valence-corrected chi connectivity index (χ0v) is 18.4. The van der Waals surface area contributed by atoms with Crippen LogP contribution in [-0.4, -0.2) is 57.8 Å². The predicted molar refractivity (Wildman–Crippen MR) is 115 cm³/mol. The lowest BCUT2D eigenvalue weighted by Crippen LogP contribution is -2.49. The number of ether oxygens (including phenoxy) is 1. The topological polar surface area (TPSA) is 90.7 Å². The van der Waals surface area contributed by atoms with Gasteiger partial charge in [-0.1, -0.05) is 6.07 Å². The van der Waals surface area contributed by atoms with E-state index in [4.69, 9.17) is 4.74 Å². The van der Waals surface area contributed by atoms with E-state index in [0.717, 1.165) is 6.26 Å². The number of carbonyl (C=O) groups is 1. The molecule has 2 aromatic rings. The van der Waals surface area contributed by atoms with Crippen molar-refractivity contribution in [1.29, 1.82) is 5.26 Å². The van der Waals surface area contributed by atoms with E-state index in [9.17, 15) is 22.9 Å². The zero-order valence-electron chi connectivity index (χ0n) is 17.6. The van der Waals surface area contributed by atoms with Gasteiger partial charge in [0.05, 0.1) is 22.3 Å². The third-order valence-electron chi connectivity index (χ3n) is 4.98. The Kier molecular flexibility index (Phi) is 6.51. The number of benzene rings is 2. The molecule has 0 N–H and O–H groups in total. The van der Waals surface area contributed by atoms with Crippen molar-refractivity contribution >= 4 is 21.4 Å². The van der Waals surface area contributed by atoms with Crippen LogP contribution in [0.3, 0.4) is 0 Å². The number of carbonyl (C=O) groups excluding carboxylic acids is 1. The molecule has 1 aliphatic heterocycles. The van der Waals surface area contributed by atoms with E-state index in [1.165, 1.54) is 24.3 Å². The van der Waals surface area contributed by atoms with E-state index < -0.39 is 15.7 Å². The molecule has 1 fully saturated rings. The second-order valence-corrected chi connectivity index (χ2v) is 9.64. The second-order valence-electron chi connectivity index (χ2n) is 7.62. The van der Waals surface area contributed by atoms with Crippen LogP contribution in [0.15, 0.2) is 41.3 Å². The molecule has 164 valence electrons. The summed E-state index contributed by atoms with van der Waals surface area (Å²) in [5.74, 6) is -0.584. The molecule has 0 spiro atoms. The molecule has 0 aliphatic carbocycles. The molecular weight excluding hydrogens is 421 g/mol. The molecule has 0 bridgehead atoms. The Balaban J connectivity index is 1.84. The Bertz CT molecular complexity index is 1130. The Morgan fingerprint density at radius 2 is 1.84 bits per heavy atom. The number of piperazine rings is 1.